The van der Waals surface area contributed by atoms with E-state index in [0.717, 1.165) is 19.4 Å². The molecule has 0 aromatic carbocycles. The molecular formula is C11H22O2. The van der Waals surface area contributed by atoms with Gasteiger partial charge >= 0.3 is 0 Å². The summed E-state index contributed by atoms with van der Waals surface area (Å²) in [4.78, 5) is 0. The van der Waals surface area contributed by atoms with Crippen molar-refractivity contribution < 1.29 is 9.84 Å². The number of hydrogen-bond acceptors (Lipinski definition) is 2. The molecule has 0 aromatic rings. The third kappa shape index (κ3) is 2.05. The molecule has 0 bridgehead atoms. The molecule has 0 saturated carbocycles. The lowest BCUT2D eigenvalue weighted by Gasteiger charge is -2.27. The van der Waals surface area contributed by atoms with E-state index in [2.05, 4.69) is 13.8 Å². The van der Waals surface area contributed by atoms with Gasteiger partial charge < -0.3 is 9.84 Å². The van der Waals surface area contributed by atoms with E-state index in [9.17, 15) is 5.11 Å². The van der Waals surface area contributed by atoms with Crippen LogP contribution in [0.15, 0.2) is 0 Å². The lowest BCUT2D eigenvalue weighted by atomic mass is 9.81. The van der Waals surface area contributed by atoms with Gasteiger partial charge in [-0.05, 0) is 19.8 Å². The third-order valence-corrected chi connectivity index (χ3v) is 3.42. The van der Waals surface area contributed by atoms with Crippen LogP contribution in [0.2, 0.25) is 0 Å². The topological polar surface area (TPSA) is 29.5 Å². The first-order valence-electron chi connectivity index (χ1n) is 5.35. The van der Waals surface area contributed by atoms with Crippen LogP contribution >= 0.6 is 0 Å². The molecule has 0 radical (unpaired) electrons. The van der Waals surface area contributed by atoms with Crippen molar-refractivity contribution in [2.75, 3.05) is 6.61 Å². The van der Waals surface area contributed by atoms with Crippen LogP contribution in [-0.2, 0) is 4.74 Å². The molecule has 2 unspecified atom stereocenters. The minimum Gasteiger partial charge on any atom is -0.390 e. The van der Waals surface area contributed by atoms with Gasteiger partial charge in [0.25, 0.3) is 0 Å². The van der Waals surface area contributed by atoms with Crippen LogP contribution in [-0.4, -0.2) is 23.4 Å². The Bertz CT molecular complexity index is 161. The zero-order valence-electron chi connectivity index (χ0n) is 9.21. The Hall–Kier alpha value is -0.0800. The lowest BCUT2D eigenvalue weighted by molar-refractivity contribution is -0.0330. The number of ether oxygens (including phenoxy) is 1. The molecule has 1 aliphatic rings. The van der Waals surface area contributed by atoms with E-state index in [-0.39, 0.29) is 11.7 Å². The molecule has 1 aliphatic heterocycles. The summed E-state index contributed by atoms with van der Waals surface area (Å²) in [6.45, 7) is 9.04. The predicted octanol–water partition coefficient (Wildman–Crippen LogP) is 2.21. The highest BCUT2D eigenvalue weighted by atomic mass is 16.5. The fourth-order valence-electron chi connectivity index (χ4n) is 2.29. The summed E-state index contributed by atoms with van der Waals surface area (Å²) >= 11 is 0. The molecule has 0 aromatic heterocycles. The Morgan fingerprint density at radius 2 is 1.92 bits per heavy atom. The molecule has 0 aliphatic carbocycles. The quantitative estimate of drug-likeness (QED) is 0.732. The molecular weight excluding hydrogens is 164 g/mol. The van der Waals surface area contributed by atoms with Crippen molar-refractivity contribution in [1.82, 2.24) is 0 Å². The maximum Gasteiger partial charge on any atom is 0.0888 e. The molecule has 2 nitrogen and oxygen atoms in total. The molecule has 2 atom stereocenters. The Morgan fingerprint density at radius 3 is 2.23 bits per heavy atom. The van der Waals surface area contributed by atoms with Gasteiger partial charge in [0.2, 0.25) is 0 Å². The van der Waals surface area contributed by atoms with Crippen molar-refractivity contribution >= 4 is 0 Å². The normalized spacial score (nSPS) is 32.8. The molecule has 0 spiro atoms. The standard InChI is InChI=1S/C11H22O2/c1-5-8(6-2)9-7-13-11(3,4)10(9)12/h8-10,12H,5-7H2,1-4H3. The number of aliphatic hydroxyl groups is 1. The first-order valence-corrected chi connectivity index (χ1v) is 5.35. The second-order valence-corrected chi connectivity index (χ2v) is 4.60. The highest BCUT2D eigenvalue weighted by molar-refractivity contribution is 4.92. The Balaban J connectivity index is 2.63. The summed E-state index contributed by atoms with van der Waals surface area (Å²) in [6.07, 6.45) is 1.98. The second-order valence-electron chi connectivity index (χ2n) is 4.60. The van der Waals surface area contributed by atoms with Gasteiger partial charge in [-0.3, -0.25) is 0 Å². The highest BCUT2D eigenvalue weighted by Crippen LogP contribution is 2.36. The van der Waals surface area contributed by atoms with E-state index in [1.165, 1.54) is 0 Å². The van der Waals surface area contributed by atoms with Crippen LogP contribution in [0.3, 0.4) is 0 Å². The van der Waals surface area contributed by atoms with Crippen molar-refractivity contribution in [1.29, 1.82) is 0 Å². The smallest absolute Gasteiger partial charge is 0.0888 e. The number of hydrogen-bond donors (Lipinski definition) is 1. The van der Waals surface area contributed by atoms with Gasteiger partial charge in [0.1, 0.15) is 0 Å². The summed E-state index contributed by atoms with van der Waals surface area (Å²) < 4.78 is 5.60. The molecule has 1 saturated heterocycles. The van der Waals surface area contributed by atoms with Gasteiger partial charge in [0, 0.05) is 5.92 Å². The van der Waals surface area contributed by atoms with E-state index in [0.29, 0.717) is 11.8 Å². The second kappa shape index (κ2) is 3.97. The largest absolute Gasteiger partial charge is 0.390 e. The Kier molecular flexibility index (Phi) is 3.36. The minimum absolute atomic E-state index is 0.294. The molecule has 78 valence electrons. The van der Waals surface area contributed by atoms with Gasteiger partial charge in [-0.25, -0.2) is 0 Å². The average molecular weight is 186 g/mol. The molecule has 1 rings (SSSR count). The van der Waals surface area contributed by atoms with E-state index >= 15 is 0 Å². The summed E-state index contributed by atoms with van der Waals surface area (Å²) in [6, 6.07) is 0. The van der Waals surface area contributed by atoms with E-state index in [1.54, 1.807) is 0 Å². The molecule has 0 amide bonds. The molecule has 1 heterocycles. The van der Waals surface area contributed by atoms with Crippen LogP contribution < -0.4 is 0 Å². The Morgan fingerprint density at radius 1 is 1.38 bits per heavy atom. The fraction of sp³-hybridized carbons (Fsp3) is 1.00. The summed E-state index contributed by atoms with van der Waals surface area (Å²) in [5, 5.41) is 10.0. The van der Waals surface area contributed by atoms with Crippen molar-refractivity contribution in [2.24, 2.45) is 11.8 Å². The van der Waals surface area contributed by atoms with Gasteiger partial charge in [0.05, 0.1) is 18.3 Å². The summed E-state index contributed by atoms with van der Waals surface area (Å²) in [5.74, 6) is 0.946. The van der Waals surface area contributed by atoms with E-state index in [4.69, 9.17) is 4.74 Å². The monoisotopic (exact) mass is 186 g/mol. The maximum absolute atomic E-state index is 10.0. The SMILES string of the molecule is CCC(CC)C1COC(C)(C)C1O. The first kappa shape index (κ1) is 11.0. The van der Waals surface area contributed by atoms with Crippen molar-refractivity contribution in [3.63, 3.8) is 0 Å². The molecule has 1 fully saturated rings. The summed E-state index contributed by atoms with van der Waals surface area (Å²) in [7, 11) is 0. The molecule has 2 heteroatoms. The van der Waals surface area contributed by atoms with Gasteiger partial charge in [-0.2, -0.15) is 0 Å². The predicted molar refractivity (Wildman–Crippen MR) is 53.6 cm³/mol. The van der Waals surface area contributed by atoms with Crippen LogP contribution in [0.5, 0.6) is 0 Å². The van der Waals surface area contributed by atoms with E-state index < -0.39 is 0 Å². The van der Waals surface area contributed by atoms with Crippen LogP contribution in [0.4, 0.5) is 0 Å². The molecule has 1 N–H and O–H groups in total. The van der Waals surface area contributed by atoms with Gasteiger partial charge in [-0.15, -0.1) is 0 Å². The molecule has 13 heavy (non-hydrogen) atoms. The summed E-state index contributed by atoms with van der Waals surface area (Å²) in [5.41, 5.74) is -0.340. The zero-order chi connectivity index (χ0) is 10.1. The minimum atomic E-state index is -0.340. The van der Waals surface area contributed by atoms with Crippen molar-refractivity contribution in [3.8, 4) is 0 Å². The van der Waals surface area contributed by atoms with Crippen molar-refractivity contribution in [3.05, 3.63) is 0 Å². The maximum atomic E-state index is 10.0. The van der Waals surface area contributed by atoms with Gasteiger partial charge in [0.15, 0.2) is 0 Å². The van der Waals surface area contributed by atoms with E-state index in [1.807, 2.05) is 13.8 Å². The highest BCUT2D eigenvalue weighted by Gasteiger charge is 2.44. The Labute approximate surface area is 81.3 Å². The zero-order valence-corrected chi connectivity index (χ0v) is 9.21. The first-order chi connectivity index (χ1) is 6.03. The lowest BCUT2D eigenvalue weighted by Crippen LogP contribution is -2.37. The van der Waals surface area contributed by atoms with Crippen LogP contribution in [0.1, 0.15) is 40.5 Å². The van der Waals surface area contributed by atoms with Gasteiger partial charge in [-0.1, -0.05) is 26.7 Å². The number of rotatable bonds is 3. The number of aliphatic hydroxyl groups excluding tert-OH is 1. The average Bonchev–Trinajstić information content (AvgIpc) is 2.34. The van der Waals surface area contributed by atoms with Crippen LogP contribution in [0.25, 0.3) is 0 Å². The van der Waals surface area contributed by atoms with Crippen LogP contribution in [0, 0.1) is 11.8 Å². The van der Waals surface area contributed by atoms with Crippen molar-refractivity contribution in [2.45, 2.75) is 52.2 Å². The fourth-order valence-corrected chi connectivity index (χ4v) is 2.29. The third-order valence-electron chi connectivity index (χ3n) is 3.42.